The lowest BCUT2D eigenvalue weighted by molar-refractivity contribution is 0.636. The summed E-state index contributed by atoms with van der Waals surface area (Å²) < 4.78 is 7.07. The molecule has 1 aliphatic rings. The van der Waals surface area contributed by atoms with Crippen molar-refractivity contribution in [1.82, 2.24) is 98.0 Å². The minimum Gasteiger partial charge on any atom is -0.360 e. The van der Waals surface area contributed by atoms with Crippen LogP contribution in [0.2, 0.25) is 15.1 Å². The Morgan fingerprint density at radius 2 is 0.653 bits per heavy atom. The molecular formula is C87H73Cl3N24O4. The normalized spacial score (nSPS) is 13.0. The van der Waals surface area contributed by atoms with E-state index in [2.05, 4.69) is 107 Å². The third-order valence-corrected chi connectivity index (χ3v) is 21.6. The van der Waals surface area contributed by atoms with E-state index in [1.807, 2.05) is 204 Å². The Hall–Kier alpha value is -14.4. The van der Waals surface area contributed by atoms with Crippen LogP contribution in [0.3, 0.4) is 0 Å². The fourth-order valence-electron chi connectivity index (χ4n) is 14.9. The van der Waals surface area contributed by atoms with Gasteiger partial charge in [-0.05, 0) is 166 Å². The Kier molecular flexibility index (Phi) is 21.0. The summed E-state index contributed by atoms with van der Waals surface area (Å²) in [4.78, 5) is 117. The zero-order valence-electron chi connectivity index (χ0n) is 64.2. The molecular weight excluding hydrogens is 1550 g/mol. The van der Waals surface area contributed by atoms with Gasteiger partial charge in [0.2, 0.25) is 0 Å². The molecule has 1 fully saturated rings. The minimum absolute atomic E-state index is 0.0285. The molecule has 0 spiro atoms. The van der Waals surface area contributed by atoms with Crippen molar-refractivity contribution in [3.8, 4) is 17.1 Å². The van der Waals surface area contributed by atoms with Crippen LogP contribution in [0.25, 0.3) is 105 Å². The van der Waals surface area contributed by atoms with Crippen LogP contribution in [0, 0.1) is 13.8 Å². The van der Waals surface area contributed by atoms with Crippen LogP contribution in [0.5, 0.6) is 0 Å². The van der Waals surface area contributed by atoms with E-state index in [0.717, 1.165) is 102 Å². The number of nitrogens with zero attached hydrogens (tertiary/aromatic N) is 16. The maximum atomic E-state index is 13.7. The molecule has 1 saturated carbocycles. The molecule has 118 heavy (non-hydrogen) atoms. The summed E-state index contributed by atoms with van der Waals surface area (Å²) in [6, 6.07) is 57.0. The second-order valence-electron chi connectivity index (χ2n) is 28.5. The Morgan fingerprint density at radius 1 is 0.339 bits per heavy atom. The highest BCUT2D eigenvalue weighted by Gasteiger charge is 2.31. The van der Waals surface area contributed by atoms with Gasteiger partial charge in [0, 0.05) is 45.9 Å². The summed E-state index contributed by atoms with van der Waals surface area (Å²) in [5, 5.41) is 20.6. The number of rotatable bonds is 16. The first-order chi connectivity index (χ1) is 57.4. The SMILES string of the molecule is CC(Nc1ncnc2nc[nH]c12)c1cc2cccc(Cl)c2c(=O)n1-c1ccccc1.C[C@H](Nc1ncnc2nc[nH]c12)c1cc2cccc(Cl)c2c(=O)n1-c1ccccc1.C[C@H](Nc1ncnc2nc[nH]c12)c1cc2cccc(Cl)c2c(=O)n1C1CC1.Cc1cccc(-n2c([C@H](C)Nc3ncnc4nc[nH]c34)cc3cccc(C)c3c2=O)c1. The zero-order chi connectivity index (χ0) is 81.4. The van der Waals surface area contributed by atoms with Crippen molar-refractivity contribution < 1.29 is 0 Å². The van der Waals surface area contributed by atoms with Gasteiger partial charge in [-0.1, -0.05) is 138 Å². The number of hydrogen-bond donors (Lipinski definition) is 8. The van der Waals surface area contributed by atoms with Crippen LogP contribution in [0.1, 0.15) is 105 Å². The number of nitrogens with one attached hydrogen (secondary N) is 8. The van der Waals surface area contributed by atoms with Gasteiger partial charge in [-0.2, -0.15) is 0 Å². The second-order valence-corrected chi connectivity index (χ2v) is 29.7. The first-order valence-electron chi connectivity index (χ1n) is 37.9. The number of hydrogen-bond acceptors (Lipinski definition) is 20. The number of aromatic nitrogens is 20. The fraction of sp³-hybridized carbons (Fsp3) is 0.149. The first kappa shape index (κ1) is 76.3. The van der Waals surface area contributed by atoms with Gasteiger partial charge in [0.25, 0.3) is 22.2 Å². The van der Waals surface area contributed by atoms with E-state index in [9.17, 15) is 19.2 Å². The van der Waals surface area contributed by atoms with Crippen LogP contribution in [0.15, 0.2) is 252 Å². The molecule has 12 aromatic heterocycles. The Morgan fingerprint density at radius 3 is 1.03 bits per heavy atom. The monoisotopic (exact) mass is 1620 g/mol. The van der Waals surface area contributed by atoms with Crippen LogP contribution >= 0.6 is 34.8 Å². The number of aryl methyl sites for hydroxylation is 2. The highest BCUT2D eigenvalue weighted by atomic mass is 35.5. The highest BCUT2D eigenvalue weighted by molar-refractivity contribution is 6.36. The summed E-state index contributed by atoms with van der Waals surface area (Å²) in [5.41, 5.74) is 12.6. The maximum absolute atomic E-state index is 13.7. The molecule has 0 radical (unpaired) electrons. The molecule has 0 bridgehead atoms. The fourth-order valence-corrected chi connectivity index (χ4v) is 15.7. The topological polar surface area (TPSA) is 354 Å². The van der Waals surface area contributed by atoms with Crippen molar-refractivity contribution in [1.29, 1.82) is 0 Å². The predicted molar refractivity (Wildman–Crippen MR) is 465 cm³/mol. The lowest BCUT2D eigenvalue weighted by Crippen LogP contribution is -2.26. The number of benzene rings is 7. The van der Waals surface area contributed by atoms with E-state index >= 15 is 0 Å². The molecule has 586 valence electrons. The van der Waals surface area contributed by atoms with Crippen LogP contribution in [0.4, 0.5) is 23.3 Å². The zero-order valence-corrected chi connectivity index (χ0v) is 66.4. The Labute approximate surface area is 685 Å². The molecule has 0 amide bonds. The van der Waals surface area contributed by atoms with Gasteiger partial charge >= 0.3 is 0 Å². The lowest BCUT2D eigenvalue weighted by atomic mass is 10.0. The van der Waals surface area contributed by atoms with E-state index in [0.29, 0.717) is 88.1 Å². The van der Waals surface area contributed by atoms with Gasteiger partial charge in [-0.3, -0.25) is 32.9 Å². The molecule has 12 heterocycles. The minimum atomic E-state index is -0.248. The molecule has 0 aliphatic heterocycles. The molecule has 7 aromatic carbocycles. The van der Waals surface area contributed by atoms with Crippen molar-refractivity contribution in [3.63, 3.8) is 0 Å². The van der Waals surface area contributed by atoms with Crippen LogP contribution in [-0.4, -0.2) is 98.0 Å². The lowest BCUT2D eigenvalue weighted by Gasteiger charge is -2.22. The quantitative estimate of drug-likeness (QED) is 0.0445. The standard InChI is InChI=1S/C24H22N6O.2C22H17ClN6O.C19H17ClN6O/c1-14-6-4-9-18(10-14)30-19(11-17-8-5-7-15(2)20(17)24(30)31)16(3)29-23-21-22(26-12-25-21)27-13-28-23;2*1-13(28-21-19-20(25-11-24-19)26-12-27-21)17-10-14-6-5-9-16(23)18(14)22(30)29(17)15-7-3-2-4-8-15;1-10(25-18-16-17(22-8-21-16)23-9-24-18)14-7-11-3-2-4-13(20)15(11)19(27)26(14)12-5-6-12/h4-13,16H,1-3H3,(H2,25,26,27,28,29);2*2-13H,1H3,(H2,24,25,26,27,28);2-4,7-10,12H,5-6H2,1H3,(H2,21,22,23,24,25)/t16-;13-;;10-/m00.0/s1. The number of imidazole rings is 4. The van der Waals surface area contributed by atoms with Crippen LogP contribution < -0.4 is 43.5 Å². The van der Waals surface area contributed by atoms with Crippen molar-refractivity contribution in [3.05, 3.63) is 323 Å². The molecule has 8 N–H and O–H groups in total. The van der Waals surface area contributed by atoms with Gasteiger partial charge in [0.05, 0.1) is 86.1 Å². The number of fused-ring (bicyclic) bond motifs is 8. The average Bonchev–Trinajstić information content (AvgIpc) is 1.77. The average molecular weight is 1630 g/mol. The number of para-hydroxylation sites is 2. The van der Waals surface area contributed by atoms with E-state index in [1.54, 1.807) is 57.2 Å². The maximum Gasteiger partial charge on any atom is 0.264 e. The first-order valence-corrected chi connectivity index (χ1v) is 39.0. The molecule has 1 aliphatic carbocycles. The number of H-pyrrole nitrogens is 4. The number of anilines is 4. The highest BCUT2D eigenvalue weighted by Crippen LogP contribution is 2.39. The van der Waals surface area contributed by atoms with E-state index in [1.165, 1.54) is 25.3 Å². The van der Waals surface area contributed by atoms with E-state index in [-0.39, 0.29) is 52.4 Å². The van der Waals surface area contributed by atoms with Crippen LogP contribution in [-0.2, 0) is 0 Å². The summed E-state index contributed by atoms with van der Waals surface area (Å²) in [6.45, 7) is 12.0. The van der Waals surface area contributed by atoms with Crippen molar-refractivity contribution in [2.24, 2.45) is 0 Å². The van der Waals surface area contributed by atoms with Crippen molar-refractivity contribution in [2.75, 3.05) is 21.3 Å². The molecule has 4 atom stereocenters. The summed E-state index contributed by atoms with van der Waals surface area (Å²) in [7, 11) is 0. The summed E-state index contributed by atoms with van der Waals surface area (Å²) in [6.07, 6.45) is 14.2. The smallest absolute Gasteiger partial charge is 0.264 e. The second kappa shape index (κ2) is 32.5. The largest absolute Gasteiger partial charge is 0.360 e. The Bertz CT molecular complexity index is 7060. The third-order valence-electron chi connectivity index (χ3n) is 20.7. The van der Waals surface area contributed by atoms with Crippen molar-refractivity contribution >= 4 is 146 Å². The van der Waals surface area contributed by atoms with E-state index < -0.39 is 0 Å². The molecule has 28 nitrogen and oxygen atoms in total. The van der Waals surface area contributed by atoms with E-state index in [4.69, 9.17) is 34.8 Å². The van der Waals surface area contributed by atoms with Gasteiger partial charge in [0.15, 0.2) is 45.9 Å². The predicted octanol–water partition coefficient (Wildman–Crippen LogP) is 17.2. The molecule has 20 rings (SSSR count). The molecule has 1 unspecified atom stereocenters. The van der Waals surface area contributed by atoms with Crippen molar-refractivity contribution in [2.45, 2.75) is 84.6 Å². The Balaban J connectivity index is 0.000000113. The number of aromatic amines is 4. The van der Waals surface area contributed by atoms with Gasteiger partial charge in [0.1, 0.15) is 47.4 Å². The van der Waals surface area contributed by atoms with Gasteiger partial charge in [-0.25, -0.2) is 59.8 Å². The summed E-state index contributed by atoms with van der Waals surface area (Å²) in [5.74, 6) is 2.53. The van der Waals surface area contributed by atoms with Gasteiger partial charge in [-0.15, -0.1) is 0 Å². The molecule has 19 aromatic rings. The third kappa shape index (κ3) is 14.9. The number of halogens is 3. The molecule has 31 heteroatoms. The number of pyridine rings is 4. The summed E-state index contributed by atoms with van der Waals surface area (Å²) >= 11 is 19.1. The molecule has 0 saturated heterocycles. The van der Waals surface area contributed by atoms with Gasteiger partial charge < -0.3 is 45.8 Å².